The van der Waals surface area contributed by atoms with E-state index in [0.29, 0.717) is 0 Å². The summed E-state index contributed by atoms with van der Waals surface area (Å²) in [4.78, 5) is 22.7. The van der Waals surface area contributed by atoms with Crippen LogP contribution in [0, 0.1) is 12.3 Å². The van der Waals surface area contributed by atoms with Gasteiger partial charge < -0.3 is 16.2 Å². The number of nitrogens with two attached hydrogens (primary N) is 1. The van der Waals surface area contributed by atoms with Crippen molar-refractivity contribution in [3.8, 4) is 0 Å². The van der Waals surface area contributed by atoms with Crippen LogP contribution in [0.3, 0.4) is 0 Å². The number of carbonyl (C=O) groups excluding carboxylic acids is 1. The second kappa shape index (κ2) is 3.42. The van der Waals surface area contributed by atoms with Crippen LogP contribution in [0.2, 0.25) is 0 Å². The number of hydrogen-bond donors (Lipinski definition) is 3. The van der Waals surface area contributed by atoms with Crippen LogP contribution in [0.5, 0.6) is 0 Å². The highest BCUT2D eigenvalue weighted by molar-refractivity contribution is 7.93. The normalized spacial score (nSPS) is 39.2. The fourth-order valence-electron chi connectivity index (χ4n) is 2.15. The van der Waals surface area contributed by atoms with Gasteiger partial charge in [0.15, 0.2) is 15.4 Å². The molecule has 1 aliphatic heterocycles. The predicted molar refractivity (Wildman–Crippen MR) is 57.5 cm³/mol. The van der Waals surface area contributed by atoms with Gasteiger partial charge in [0.1, 0.15) is 0 Å². The van der Waals surface area contributed by atoms with E-state index in [0.717, 1.165) is 0 Å². The summed E-state index contributed by atoms with van der Waals surface area (Å²) in [6.45, 7) is 1.41. The highest BCUT2D eigenvalue weighted by Gasteiger charge is 2.71. The quantitative estimate of drug-likeness (QED) is 0.534. The van der Waals surface area contributed by atoms with Crippen LogP contribution in [0.15, 0.2) is 0 Å². The first kappa shape index (κ1) is 12.3. The van der Waals surface area contributed by atoms with Crippen molar-refractivity contribution in [2.45, 2.75) is 23.8 Å². The van der Waals surface area contributed by atoms with Crippen LogP contribution < -0.4 is 11.1 Å². The van der Waals surface area contributed by atoms with E-state index in [1.807, 2.05) is 0 Å². The second-order valence-electron chi connectivity index (χ2n) is 4.54. The van der Waals surface area contributed by atoms with E-state index < -0.39 is 50.2 Å². The fourth-order valence-corrected chi connectivity index (χ4v) is 4.45. The average Bonchev–Trinajstić information content (AvgIpc) is 2.91. The summed E-state index contributed by atoms with van der Waals surface area (Å²) in [5.74, 6) is -3.22. The zero-order chi connectivity index (χ0) is 13.0. The smallest absolute Gasteiger partial charge is 0.330 e. The lowest BCUT2D eigenvalue weighted by molar-refractivity contribution is -0.147. The lowest BCUT2D eigenvalue weighted by Crippen LogP contribution is -2.60. The Morgan fingerprint density at radius 2 is 2.18 bits per heavy atom. The highest BCUT2D eigenvalue weighted by atomic mass is 32.2. The number of carboxylic acid groups (broad SMARTS) is 1. The minimum Gasteiger partial charge on any atom is -0.479 e. The highest BCUT2D eigenvalue weighted by Crippen LogP contribution is 2.51. The molecule has 17 heavy (non-hydrogen) atoms. The Kier molecular flexibility index (Phi) is 2.48. The average molecular weight is 261 g/mol. The molecule has 1 amide bonds. The molecular weight excluding hydrogens is 248 g/mol. The van der Waals surface area contributed by atoms with Gasteiger partial charge in [-0.25, -0.2) is 13.2 Å². The van der Waals surface area contributed by atoms with Crippen molar-refractivity contribution in [3.05, 3.63) is 6.42 Å². The molecular formula is C9H13N2O5S. The van der Waals surface area contributed by atoms with Gasteiger partial charge in [-0.05, 0) is 13.3 Å². The Hall–Kier alpha value is -1.15. The zero-order valence-corrected chi connectivity index (χ0v) is 9.90. The van der Waals surface area contributed by atoms with Crippen LogP contribution in [0.25, 0.3) is 0 Å². The number of fused-ring (bicyclic) bond motifs is 1. The molecule has 7 nitrogen and oxygen atoms in total. The van der Waals surface area contributed by atoms with Gasteiger partial charge >= 0.3 is 5.97 Å². The number of carbonyl (C=O) groups is 2. The first-order valence-electron chi connectivity index (χ1n) is 5.08. The van der Waals surface area contributed by atoms with Crippen molar-refractivity contribution in [3.63, 3.8) is 0 Å². The molecule has 1 heterocycles. The number of aliphatic carboxylic acids is 1. The van der Waals surface area contributed by atoms with E-state index >= 15 is 0 Å². The van der Waals surface area contributed by atoms with Gasteiger partial charge in [-0.1, -0.05) is 0 Å². The summed E-state index contributed by atoms with van der Waals surface area (Å²) in [6, 6.07) is -0.883. The Morgan fingerprint density at radius 3 is 2.47 bits per heavy atom. The Labute approximate surface area is 98.3 Å². The fraction of sp³-hybridized carbons (Fsp3) is 0.667. The van der Waals surface area contributed by atoms with E-state index in [1.54, 1.807) is 0 Å². The van der Waals surface area contributed by atoms with Crippen molar-refractivity contribution >= 4 is 21.7 Å². The first-order chi connectivity index (χ1) is 7.70. The van der Waals surface area contributed by atoms with E-state index in [-0.39, 0.29) is 0 Å². The molecule has 4 atom stereocenters. The standard InChI is InChI=1S/C9H13N2O5S/c1-4(10)7(12)11-9(8(13)14)3-17(15,16)6-2-5(6)9/h2,4-6H,3,10H2,1H3,(H,11,12)(H,13,14)/t4-,5+,6-,9-/m0/s1. The van der Waals surface area contributed by atoms with Gasteiger partial charge in [-0.3, -0.25) is 4.79 Å². The summed E-state index contributed by atoms with van der Waals surface area (Å²) in [6.07, 6.45) is 1.43. The van der Waals surface area contributed by atoms with Crippen LogP contribution in [0.4, 0.5) is 0 Å². The van der Waals surface area contributed by atoms with Gasteiger partial charge in [-0.2, -0.15) is 0 Å². The minimum atomic E-state index is -3.47. The summed E-state index contributed by atoms with van der Waals surface area (Å²) in [7, 11) is -3.47. The molecule has 0 unspecified atom stereocenters. The van der Waals surface area contributed by atoms with Crippen molar-refractivity contribution in [2.75, 3.05) is 5.75 Å². The lowest BCUT2D eigenvalue weighted by Gasteiger charge is -2.27. The molecule has 0 aromatic rings. The summed E-state index contributed by atoms with van der Waals surface area (Å²) in [5.41, 5.74) is 3.59. The summed E-state index contributed by atoms with van der Waals surface area (Å²) in [5, 5.41) is 10.7. The van der Waals surface area contributed by atoms with E-state index in [4.69, 9.17) is 5.73 Å². The molecule has 95 valence electrons. The van der Waals surface area contributed by atoms with Crippen molar-refractivity contribution in [2.24, 2.45) is 11.7 Å². The van der Waals surface area contributed by atoms with Gasteiger partial charge in [0.2, 0.25) is 5.91 Å². The summed E-state index contributed by atoms with van der Waals surface area (Å²) < 4.78 is 23.2. The molecule has 1 saturated heterocycles. The van der Waals surface area contributed by atoms with E-state index in [1.165, 1.54) is 13.3 Å². The largest absolute Gasteiger partial charge is 0.479 e. The van der Waals surface area contributed by atoms with Gasteiger partial charge in [0.05, 0.1) is 17.0 Å². The third kappa shape index (κ3) is 1.71. The molecule has 8 heteroatoms. The maximum absolute atomic E-state index is 11.6. The van der Waals surface area contributed by atoms with Crippen LogP contribution >= 0.6 is 0 Å². The predicted octanol–water partition coefficient (Wildman–Crippen LogP) is -2.10. The second-order valence-corrected chi connectivity index (χ2v) is 6.70. The van der Waals surface area contributed by atoms with Crippen LogP contribution in [-0.4, -0.2) is 48.0 Å². The Morgan fingerprint density at radius 1 is 1.59 bits per heavy atom. The number of carboxylic acids is 1. The molecule has 0 aromatic heterocycles. The number of nitrogens with one attached hydrogen (secondary N) is 1. The van der Waals surface area contributed by atoms with E-state index in [9.17, 15) is 23.1 Å². The molecule has 1 radical (unpaired) electrons. The zero-order valence-electron chi connectivity index (χ0n) is 9.08. The molecule has 0 spiro atoms. The lowest BCUT2D eigenvalue weighted by atomic mass is 9.95. The molecule has 2 aliphatic rings. The topological polar surface area (TPSA) is 127 Å². The molecule has 4 N–H and O–H groups in total. The molecule has 1 aliphatic carbocycles. The van der Waals surface area contributed by atoms with Crippen LogP contribution in [0.1, 0.15) is 6.92 Å². The molecule has 0 aromatic carbocycles. The molecule has 0 bridgehead atoms. The Bertz CT molecular complexity index is 486. The Balaban J connectivity index is 2.31. The first-order valence-corrected chi connectivity index (χ1v) is 6.80. The van der Waals surface area contributed by atoms with E-state index in [2.05, 4.69) is 5.32 Å². The number of hydrogen-bond acceptors (Lipinski definition) is 5. The maximum Gasteiger partial charge on any atom is 0.330 e. The monoisotopic (exact) mass is 261 g/mol. The third-order valence-corrected chi connectivity index (χ3v) is 5.30. The van der Waals surface area contributed by atoms with Gasteiger partial charge in [0.25, 0.3) is 0 Å². The van der Waals surface area contributed by atoms with Gasteiger partial charge in [0, 0.05) is 5.92 Å². The van der Waals surface area contributed by atoms with Crippen molar-refractivity contribution < 1.29 is 23.1 Å². The number of amides is 1. The number of rotatable bonds is 3. The molecule has 1 saturated carbocycles. The maximum atomic E-state index is 11.6. The van der Waals surface area contributed by atoms with Gasteiger partial charge in [-0.15, -0.1) is 0 Å². The molecule has 2 fully saturated rings. The van der Waals surface area contributed by atoms with Crippen molar-refractivity contribution in [1.29, 1.82) is 0 Å². The van der Waals surface area contributed by atoms with Crippen molar-refractivity contribution in [1.82, 2.24) is 5.32 Å². The minimum absolute atomic E-state index is 0.570. The molecule has 2 rings (SSSR count). The SMILES string of the molecule is C[C@H](N)C(=O)N[C@@]1(C(=O)O)CS(=O)(=O)[C@H]2[CH][C@H]21. The number of sulfone groups is 1. The third-order valence-electron chi connectivity index (χ3n) is 3.16. The van der Waals surface area contributed by atoms with Crippen LogP contribution in [-0.2, 0) is 19.4 Å². The summed E-state index contributed by atoms with van der Waals surface area (Å²) >= 11 is 0.